The molecular weight excluding hydrogens is 304 g/mol. The highest BCUT2D eigenvalue weighted by Gasteiger charge is 2.38. The van der Waals surface area contributed by atoms with Crippen molar-refractivity contribution >= 4 is 11.8 Å². The van der Waals surface area contributed by atoms with Gasteiger partial charge in [0.1, 0.15) is 11.5 Å². The molecule has 1 aliphatic rings. The van der Waals surface area contributed by atoms with Crippen molar-refractivity contribution in [3.8, 4) is 0 Å². The minimum atomic E-state index is -0.258. The van der Waals surface area contributed by atoms with Crippen LogP contribution in [0.1, 0.15) is 36.0 Å². The lowest BCUT2D eigenvalue weighted by molar-refractivity contribution is -0.141. The predicted octanol–water partition coefficient (Wildman–Crippen LogP) is 2.81. The maximum atomic E-state index is 12.7. The second kappa shape index (κ2) is 6.91. The predicted molar refractivity (Wildman–Crippen MR) is 90.0 cm³/mol. The largest absolute Gasteiger partial charge is 0.465 e. The molecule has 126 valence electrons. The zero-order chi connectivity index (χ0) is 17.1. The van der Waals surface area contributed by atoms with Crippen molar-refractivity contribution in [2.45, 2.75) is 32.4 Å². The molecule has 0 unspecified atom stereocenters. The van der Waals surface area contributed by atoms with Gasteiger partial charge in [0.15, 0.2) is 0 Å². The lowest BCUT2D eigenvalue weighted by atomic mass is 9.84. The van der Waals surface area contributed by atoms with E-state index in [9.17, 15) is 9.59 Å². The molecule has 0 aliphatic carbocycles. The first kappa shape index (κ1) is 16.3. The number of amides is 2. The van der Waals surface area contributed by atoms with E-state index in [1.807, 2.05) is 49.4 Å². The zero-order valence-corrected chi connectivity index (χ0v) is 14.0. The molecule has 1 aliphatic heterocycles. The van der Waals surface area contributed by atoms with Gasteiger partial charge in [-0.15, -0.1) is 0 Å². The van der Waals surface area contributed by atoms with E-state index in [1.54, 1.807) is 11.9 Å². The number of carbonyl (C=O) groups excluding carboxylic acids is 2. The quantitative estimate of drug-likeness (QED) is 0.940. The fraction of sp³-hybridized carbons (Fsp3) is 0.368. The molecule has 3 rings (SSSR count). The number of rotatable bonds is 4. The van der Waals surface area contributed by atoms with Crippen molar-refractivity contribution < 1.29 is 14.0 Å². The van der Waals surface area contributed by atoms with Crippen LogP contribution in [-0.2, 0) is 16.1 Å². The van der Waals surface area contributed by atoms with Crippen molar-refractivity contribution in [3.63, 3.8) is 0 Å². The second-order valence-corrected chi connectivity index (χ2v) is 6.24. The summed E-state index contributed by atoms with van der Waals surface area (Å²) in [5.41, 5.74) is 0.988. The monoisotopic (exact) mass is 326 g/mol. The third-order valence-electron chi connectivity index (χ3n) is 4.57. The molecule has 1 aromatic carbocycles. The topological polar surface area (TPSA) is 62.6 Å². The summed E-state index contributed by atoms with van der Waals surface area (Å²) < 4.78 is 5.49. The highest BCUT2D eigenvalue weighted by atomic mass is 16.3. The number of carbonyl (C=O) groups is 2. The summed E-state index contributed by atoms with van der Waals surface area (Å²) in [7, 11) is 1.77. The average molecular weight is 326 g/mol. The van der Waals surface area contributed by atoms with Crippen LogP contribution in [0, 0.1) is 12.8 Å². The van der Waals surface area contributed by atoms with Crippen molar-refractivity contribution in [1.29, 1.82) is 0 Å². The minimum absolute atomic E-state index is 0.0442. The molecule has 1 aromatic heterocycles. The van der Waals surface area contributed by atoms with E-state index in [1.165, 1.54) is 0 Å². The molecule has 5 nitrogen and oxygen atoms in total. The van der Waals surface area contributed by atoms with Gasteiger partial charge >= 0.3 is 0 Å². The Kier molecular flexibility index (Phi) is 4.69. The Morgan fingerprint density at radius 1 is 1.25 bits per heavy atom. The van der Waals surface area contributed by atoms with Crippen LogP contribution in [0.2, 0.25) is 0 Å². The number of benzene rings is 1. The molecule has 0 bridgehead atoms. The number of likely N-dealkylation sites (tertiary alicyclic amines) is 1. The standard InChI is InChI=1S/C19H22N2O3/c1-13-8-9-15(24-13)12-20-19(23)16-10-11-17(22)21(2)18(16)14-6-4-3-5-7-14/h3-9,16,18H,10-12H2,1-2H3,(H,20,23)/t16-,18+/m1/s1. The molecular formula is C19H22N2O3. The number of hydrogen-bond donors (Lipinski definition) is 1. The summed E-state index contributed by atoms with van der Waals surface area (Å²) in [6.07, 6.45) is 0.962. The van der Waals surface area contributed by atoms with Gasteiger partial charge in [-0.25, -0.2) is 0 Å². The Morgan fingerprint density at radius 3 is 2.67 bits per heavy atom. The van der Waals surface area contributed by atoms with Crippen LogP contribution >= 0.6 is 0 Å². The van der Waals surface area contributed by atoms with Crippen LogP contribution in [0.25, 0.3) is 0 Å². The summed E-state index contributed by atoms with van der Waals surface area (Å²) in [5.74, 6) is 1.33. The summed E-state index contributed by atoms with van der Waals surface area (Å²) in [4.78, 5) is 26.5. The number of hydrogen-bond acceptors (Lipinski definition) is 3. The number of nitrogens with one attached hydrogen (secondary N) is 1. The van der Waals surface area contributed by atoms with E-state index in [2.05, 4.69) is 5.32 Å². The highest BCUT2D eigenvalue weighted by molar-refractivity contribution is 5.84. The third-order valence-corrected chi connectivity index (χ3v) is 4.57. The maximum absolute atomic E-state index is 12.7. The maximum Gasteiger partial charge on any atom is 0.225 e. The Morgan fingerprint density at radius 2 is 2.00 bits per heavy atom. The highest BCUT2D eigenvalue weighted by Crippen LogP contribution is 2.35. The minimum Gasteiger partial charge on any atom is -0.465 e. The molecule has 1 fully saturated rings. The summed E-state index contributed by atoms with van der Waals surface area (Å²) >= 11 is 0. The van der Waals surface area contributed by atoms with Crippen LogP contribution in [0.5, 0.6) is 0 Å². The SMILES string of the molecule is Cc1ccc(CNC(=O)[C@@H]2CCC(=O)N(C)[C@H]2c2ccccc2)o1. The third kappa shape index (κ3) is 3.35. The lowest BCUT2D eigenvalue weighted by Crippen LogP contribution is -2.46. The normalized spacial score (nSPS) is 20.9. The fourth-order valence-electron chi connectivity index (χ4n) is 3.30. The Hall–Kier alpha value is -2.56. The molecule has 5 heteroatoms. The van der Waals surface area contributed by atoms with Gasteiger partial charge in [-0.05, 0) is 31.0 Å². The molecule has 2 amide bonds. The number of piperidine rings is 1. The Labute approximate surface area is 141 Å². The first-order chi connectivity index (χ1) is 11.6. The van der Waals surface area contributed by atoms with E-state index in [0.717, 1.165) is 17.1 Å². The van der Waals surface area contributed by atoms with Gasteiger partial charge in [0.25, 0.3) is 0 Å². The Bertz CT molecular complexity index is 723. The first-order valence-electron chi connectivity index (χ1n) is 8.20. The van der Waals surface area contributed by atoms with Gasteiger partial charge < -0.3 is 14.6 Å². The van der Waals surface area contributed by atoms with Gasteiger partial charge in [-0.1, -0.05) is 30.3 Å². The average Bonchev–Trinajstić information content (AvgIpc) is 3.01. The molecule has 1 N–H and O–H groups in total. The smallest absolute Gasteiger partial charge is 0.225 e. The summed E-state index contributed by atoms with van der Waals surface area (Å²) in [6.45, 7) is 2.24. The van der Waals surface area contributed by atoms with Gasteiger partial charge in [0.05, 0.1) is 18.5 Å². The van der Waals surface area contributed by atoms with Gasteiger partial charge in [0.2, 0.25) is 11.8 Å². The van der Waals surface area contributed by atoms with Crippen LogP contribution < -0.4 is 5.32 Å². The summed E-state index contributed by atoms with van der Waals surface area (Å²) in [5, 5.41) is 2.95. The van der Waals surface area contributed by atoms with Gasteiger partial charge in [-0.2, -0.15) is 0 Å². The lowest BCUT2D eigenvalue weighted by Gasteiger charge is -2.38. The number of furan rings is 1. The van der Waals surface area contributed by atoms with Crippen LogP contribution in [0.15, 0.2) is 46.9 Å². The van der Waals surface area contributed by atoms with E-state index in [-0.39, 0.29) is 23.8 Å². The molecule has 0 spiro atoms. The number of nitrogens with zero attached hydrogens (tertiary/aromatic N) is 1. The van der Waals surface area contributed by atoms with Crippen LogP contribution in [0.3, 0.4) is 0 Å². The molecule has 2 atom stereocenters. The van der Waals surface area contributed by atoms with Crippen LogP contribution in [-0.4, -0.2) is 23.8 Å². The molecule has 1 saturated heterocycles. The molecule has 24 heavy (non-hydrogen) atoms. The van der Waals surface area contributed by atoms with E-state index in [4.69, 9.17) is 4.42 Å². The van der Waals surface area contributed by atoms with Crippen molar-refractivity contribution in [3.05, 3.63) is 59.5 Å². The van der Waals surface area contributed by atoms with Crippen molar-refractivity contribution in [2.24, 2.45) is 5.92 Å². The zero-order valence-electron chi connectivity index (χ0n) is 14.0. The molecule has 2 aromatic rings. The Balaban J connectivity index is 1.76. The van der Waals surface area contributed by atoms with E-state index < -0.39 is 0 Å². The van der Waals surface area contributed by atoms with E-state index in [0.29, 0.717) is 19.4 Å². The summed E-state index contributed by atoms with van der Waals surface area (Å²) in [6, 6.07) is 13.2. The number of aryl methyl sites for hydroxylation is 1. The van der Waals surface area contributed by atoms with E-state index >= 15 is 0 Å². The van der Waals surface area contributed by atoms with Gasteiger partial charge in [-0.3, -0.25) is 9.59 Å². The van der Waals surface area contributed by atoms with Crippen molar-refractivity contribution in [1.82, 2.24) is 10.2 Å². The van der Waals surface area contributed by atoms with Gasteiger partial charge in [0, 0.05) is 13.5 Å². The molecule has 2 heterocycles. The molecule has 0 saturated carbocycles. The second-order valence-electron chi connectivity index (χ2n) is 6.24. The van der Waals surface area contributed by atoms with Crippen LogP contribution in [0.4, 0.5) is 0 Å². The fourth-order valence-corrected chi connectivity index (χ4v) is 3.30. The molecule has 0 radical (unpaired) electrons. The van der Waals surface area contributed by atoms with Crippen molar-refractivity contribution in [2.75, 3.05) is 7.05 Å². The first-order valence-corrected chi connectivity index (χ1v) is 8.20.